The molecule has 1 aliphatic rings. The number of aliphatic hydroxyl groups excluding tert-OH is 1. The van der Waals surface area contributed by atoms with E-state index in [-0.39, 0.29) is 0 Å². The van der Waals surface area contributed by atoms with E-state index in [1.807, 2.05) is 19.1 Å². The Morgan fingerprint density at radius 3 is 2.75 bits per heavy atom. The first-order chi connectivity index (χ1) is 7.75. The molecular weight excluding hydrogens is 202 g/mol. The fraction of sp³-hybridized carbons (Fsp3) is 0.692. The van der Waals surface area contributed by atoms with Crippen LogP contribution in [-0.4, -0.2) is 17.7 Å². The molecule has 1 aromatic heterocycles. The molecule has 16 heavy (non-hydrogen) atoms. The SMILES string of the molecule is Cc1ccc(C(O)CNC2CCCCC2)o1. The van der Waals surface area contributed by atoms with Gasteiger partial charge >= 0.3 is 0 Å². The fourth-order valence-corrected chi connectivity index (χ4v) is 2.32. The zero-order chi connectivity index (χ0) is 11.4. The lowest BCUT2D eigenvalue weighted by molar-refractivity contribution is 0.139. The standard InChI is InChI=1S/C13H21NO2/c1-10-7-8-13(16-10)12(15)9-14-11-5-3-2-4-6-11/h7-8,11-12,14-15H,2-6,9H2,1H3. The van der Waals surface area contributed by atoms with Crippen LogP contribution in [-0.2, 0) is 0 Å². The van der Waals surface area contributed by atoms with Gasteiger partial charge in [-0.1, -0.05) is 19.3 Å². The molecule has 1 heterocycles. The molecule has 2 N–H and O–H groups in total. The molecule has 1 unspecified atom stereocenters. The summed E-state index contributed by atoms with van der Waals surface area (Å²) in [5, 5.41) is 13.3. The summed E-state index contributed by atoms with van der Waals surface area (Å²) in [6.45, 7) is 2.49. The minimum absolute atomic E-state index is 0.518. The molecule has 1 fully saturated rings. The van der Waals surface area contributed by atoms with E-state index in [9.17, 15) is 5.11 Å². The highest BCUT2D eigenvalue weighted by Crippen LogP contribution is 2.19. The van der Waals surface area contributed by atoms with E-state index in [2.05, 4.69) is 5.32 Å². The van der Waals surface area contributed by atoms with Crippen molar-refractivity contribution in [3.63, 3.8) is 0 Å². The third kappa shape index (κ3) is 3.09. The van der Waals surface area contributed by atoms with Gasteiger partial charge < -0.3 is 14.8 Å². The second-order valence-electron chi connectivity index (χ2n) is 4.71. The topological polar surface area (TPSA) is 45.4 Å². The summed E-state index contributed by atoms with van der Waals surface area (Å²) in [6.07, 6.45) is 5.95. The average Bonchev–Trinajstić information content (AvgIpc) is 2.74. The van der Waals surface area contributed by atoms with Gasteiger partial charge in [0, 0.05) is 12.6 Å². The first-order valence-electron chi connectivity index (χ1n) is 6.23. The number of hydrogen-bond donors (Lipinski definition) is 2. The van der Waals surface area contributed by atoms with Gasteiger partial charge in [-0.15, -0.1) is 0 Å². The lowest BCUT2D eigenvalue weighted by atomic mass is 9.95. The van der Waals surface area contributed by atoms with Crippen LogP contribution in [0.15, 0.2) is 16.5 Å². The summed E-state index contributed by atoms with van der Waals surface area (Å²) in [6, 6.07) is 4.32. The summed E-state index contributed by atoms with van der Waals surface area (Å²) in [4.78, 5) is 0. The van der Waals surface area contributed by atoms with E-state index in [0.29, 0.717) is 18.3 Å². The van der Waals surface area contributed by atoms with Gasteiger partial charge in [0.25, 0.3) is 0 Å². The molecule has 3 heteroatoms. The van der Waals surface area contributed by atoms with E-state index in [1.54, 1.807) is 0 Å². The number of rotatable bonds is 4. The molecule has 1 aliphatic carbocycles. The molecule has 3 nitrogen and oxygen atoms in total. The van der Waals surface area contributed by atoms with Crippen molar-refractivity contribution in [3.05, 3.63) is 23.7 Å². The lowest BCUT2D eigenvalue weighted by Gasteiger charge is -2.23. The lowest BCUT2D eigenvalue weighted by Crippen LogP contribution is -2.34. The van der Waals surface area contributed by atoms with Crippen molar-refractivity contribution in [2.24, 2.45) is 0 Å². The van der Waals surface area contributed by atoms with Crippen LogP contribution in [0.4, 0.5) is 0 Å². The number of aryl methyl sites for hydroxylation is 1. The minimum atomic E-state index is -0.518. The van der Waals surface area contributed by atoms with E-state index >= 15 is 0 Å². The molecule has 0 bridgehead atoms. The number of aliphatic hydroxyl groups is 1. The maximum atomic E-state index is 9.91. The maximum absolute atomic E-state index is 9.91. The predicted molar refractivity (Wildman–Crippen MR) is 63.3 cm³/mol. The Hall–Kier alpha value is -0.800. The Balaban J connectivity index is 1.76. The minimum Gasteiger partial charge on any atom is -0.464 e. The molecular formula is C13H21NO2. The highest BCUT2D eigenvalue weighted by Gasteiger charge is 2.16. The van der Waals surface area contributed by atoms with Crippen molar-refractivity contribution in [2.45, 2.75) is 51.2 Å². The van der Waals surface area contributed by atoms with Crippen molar-refractivity contribution < 1.29 is 9.52 Å². The quantitative estimate of drug-likeness (QED) is 0.824. The molecule has 0 radical (unpaired) electrons. The number of nitrogens with one attached hydrogen (secondary N) is 1. The predicted octanol–water partition coefficient (Wildman–Crippen LogP) is 2.54. The van der Waals surface area contributed by atoms with Gasteiger partial charge in [0.1, 0.15) is 17.6 Å². The van der Waals surface area contributed by atoms with Crippen LogP contribution in [0.25, 0.3) is 0 Å². The summed E-state index contributed by atoms with van der Waals surface area (Å²) in [7, 11) is 0. The van der Waals surface area contributed by atoms with Gasteiger partial charge in [-0.3, -0.25) is 0 Å². The van der Waals surface area contributed by atoms with Crippen LogP contribution >= 0.6 is 0 Å². The second-order valence-corrected chi connectivity index (χ2v) is 4.71. The Bertz CT molecular complexity index is 315. The van der Waals surface area contributed by atoms with Gasteiger partial charge in [-0.2, -0.15) is 0 Å². The second kappa shape index (κ2) is 5.51. The summed E-state index contributed by atoms with van der Waals surface area (Å²) < 4.78 is 5.40. The smallest absolute Gasteiger partial charge is 0.133 e. The Kier molecular flexibility index (Phi) is 4.02. The van der Waals surface area contributed by atoms with Gasteiger partial charge in [-0.05, 0) is 31.9 Å². The first kappa shape index (κ1) is 11.7. The van der Waals surface area contributed by atoms with Gasteiger partial charge in [0.2, 0.25) is 0 Å². The number of furan rings is 1. The Morgan fingerprint density at radius 2 is 2.12 bits per heavy atom. The highest BCUT2D eigenvalue weighted by atomic mass is 16.4. The molecule has 0 aliphatic heterocycles. The van der Waals surface area contributed by atoms with Crippen LogP contribution in [0.5, 0.6) is 0 Å². The average molecular weight is 223 g/mol. The van der Waals surface area contributed by atoms with Crippen LogP contribution in [0, 0.1) is 6.92 Å². The Morgan fingerprint density at radius 1 is 1.38 bits per heavy atom. The molecule has 0 spiro atoms. The number of hydrogen-bond acceptors (Lipinski definition) is 3. The van der Waals surface area contributed by atoms with E-state index in [0.717, 1.165) is 5.76 Å². The molecule has 1 saturated carbocycles. The van der Waals surface area contributed by atoms with Crippen LogP contribution in [0.1, 0.15) is 49.7 Å². The summed E-state index contributed by atoms with van der Waals surface area (Å²) >= 11 is 0. The summed E-state index contributed by atoms with van der Waals surface area (Å²) in [5.41, 5.74) is 0. The van der Waals surface area contributed by atoms with Crippen molar-refractivity contribution in [1.29, 1.82) is 0 Å². The van der Waals surface area contributed by atoms with Crippen molar-refractivity contribution in [2.75, 3.05) is 6.54 Å². The van der Waals surface area contributed by atoms with E-state index in [1.165, 1.54) is 32.1 Å². The van der Waals surface area contributed by atoms with E-state index < -0.39 is 6.10 Å². The maximum Gasteiger partial charge on any atom is 0.133 e. The molecule has 0 amide bonds. The third-order valence-electron chi connectivity index (χ3n) is 3.29. The third-order valence-corrected chi connectivity index (χ3v) is 3.29. The molecule has 0 aromatic carbocycles. The fourth-order valence-electron chi connectivity index (χ4n) is 2.32. The van der Waals surface area contributed by atoms with Gasteiger partial charge in [-0.25, -0.2) is 0 Å². The largest absolute Gasteiger partial charge is 0.464 e. The van der Waals surface area contributed by atoms with Crippen molar-refractivity contribution in [1.82, 2.24) is 5.32 Å². The molecule has 2 rings (SSSR count). The van der Waals surface area contributed by atoms with E-state index in [4.69, 9.17) is 4.42 Å². The molecule has 0 saturated heterocycles. The Labute approximate surface area is 96.8 Å². The van der Waals surface area contributed by atoms with Crippen LogP contribution in [0.2, 0.25) is 0 Å². The van der Waals surface area contributed by atoms with Gasteiger partial charge in [0.05, 0.1) is 0 Å². The molecule has 1 atom stereocenters. The zero-order valence-electron chi connectivity index (χ0n) is 9.91. The highest BCUT2D eigenvalue weighted by molar-refractivity contribution is 5.08. The van der Waals surface area contributed by atoms with Crippen molar-refractivity contribution >= 4 is 0 Å². The normalized spacial score (nSPS) is 19.9. The van der Waals surface area contributed by atoms with Crippen LogP contribution < -0.4 is 5.32 Å². The van der Waals surface area contributed by atoms with Gasteiger partial charge in [0.15, 0.2) is 0 Å². The van der Waals surface area contributed by atoms with Crippen molar-refractivity contribution in [3.8, 4) is 0 Å². The molecule has 90 valence electrons. The van der Waals surface area contributed by atoms with Crippen LogP contribution in [0.3, 0.4) is 0 Å². The monoisotopic (exact) mass is 223 g/mol. The summed E-state index contributed by atoms with van der Waals surface area (Å²) in [5.74, 6) is 1.52. The zero-order valence-corrected chi connectivity index (χ0v) is 9.91. The molecule has 1 aromatic rings. The first-order valence-corrected chi connectivity index (χ1v) is 6.23.